The lowest BCUT2D eigenvalue weighted by atomic mass is 10.3. The second-order valence-electron chi connectivity index (χ2n) is 3.08. The van der Waals surface area contributed by atoms with Crippen LogP contribution in [0.5, 0.6) is 11.6 Å². The highest BCUT2D eigenvalue weighted by molar-refractivity contribution is 6.40. The maximum absolute atomic E-state index is 5.95. The zero-order valence-electron chi connectivity index (χ0n) is 8.32. The molecule has 88 valence electrons. The molecule has 0 aliphatic heterocycles. The first-order valence-corrected chi connectivity index (χ1v) is 5.59. The van der Waals surface area contributed by atoms with Crippen molar-refractivity contribution >= 4 is 40.6 Å². The summed E-state index contributed by atoms with van der Waals surface area (Å²) >= 11 is 17.7. The van der Waals surface area contributed by atoms with Crippen molar-refractivity contribution in [2.75, 3.05) is 5.73 Å². The molecule has 0 aliphatic rings. The fourth-order valence-electron chi connectivity index (χ4n) is 1.14. The molecule has 0 spiro atoms. The third-order valence-corrected chi connectivity index (χ3v) is 2.58. The van der Waals surface area contributed by atoms with Crippen molar-refractivity contribution in [2.24, 2.45) is 0 Å². The van der Waals surface area contributed by atoms with E-state index >= 15 is 0 Å². The topological polar surface area (TPSA) is 61.0 Å². The molecular formula is C10H6Cl3N3O. The molecule has 0 atom stereocenters. The number of rotatable bonds is 2. The number of nitrogen functional groups attached to an aromatic ring is 1. The van der Waals surface area contributed by atoms with E-state index in [9.17, 15) is 0 Å². The smallest absolute Gasteiger partial charge is 0.239 e. The molecule has 0 fully saturated rings. The largest absolute Gasteiger partial charge is 0.434 e. The second-order valence-corrected chi connectivity index (χ2v) is 4.33. The van der Waals surface area contributed by atoms with Crippen LogP contribution in [-0.2, 0) is 0 Å². The summed E-state index contributed by atoms with van der Waals surface area (Å²) in [5, 5.41) is 0.990. The zero-order valence-corrected chi connectivity index (χ0v) is 10.6. The second kappa shape index (κ2) is 4.96. The summed E-state index contributed by atoms with van der Waals surface area (Å²) in [4.78, 5) is 7.75. The van der Waals surface area contributed by atoms with Crippen LogP contribution in [0, 0.1) is 0 Å². The molecule has 0 saturated carbocycles. The average Bonchev–Trinajstić information content (AvgIpc) is 2.23. The number of anilines is 1. The van der Waals surface area contributed by atoms with Crippen LogP contribution in [0.1, 0.15) is 0 Å². The van der Waals surface area contributed by atoms with E-state index in [0.29, 0.717) is 5.02 Å². The molecule has 7 heteroatoms. The number of hydrogen-bond acceptors (Lipinski definition) is 4. The van der Waals surface area contributed by atoms with Crippen molar-refractivity contribution in [2.45, 2.75) is 0 Å². The lowest BCUT2D eigenvalue weighted by Gasteiger charge is -2.08. The first kappa shape index (κ1) is 12.2. The predicted octanol–water partition coefficient (Wildman–Crippen LogP) is 3.81. The highest BCUT2D eigenvalue weighted by atomic mass is 35.5. The lowest BCUT2D eigenvalue weighted by Crippen LogP contribution is -1.95. The summed E-state index contributed by atoms with van der Waals surface area (Å²) in [6.07, 6.45) is 2.80. The number of nitrogens with zero attached hydrogens (tertiary/aromatic N) is 2. The molecule has 17 heavy (non-hydrogen) atoms. The minimum absolute atomic E-state index is 0.205. The SMILES string of the molecule is Nc1cncc(Oc2c(Cl)cc(Cl)cc2Cl)n1. The fourth-order valence-corrected chi connectivity index (χ4v) is 2.04. The molecule has 0 unspecified atom stereocenters. The summed E-state index contributed by atoms with van der Waals surface area (Å²) in [6.45, 7) is 0. The zero-order chi connectivity index (χ0) is 12.4. The molecule has 1 aromatic carbocycles. The van der Waals surface area contributed by atoms with Gasteiger partial charge >= 0.3 is 0 Å². The van der Waals surface area contributed by atoms with Crippen LogP contribution in [-0.4, -0.2) is 9.97 Å². The molecule has 0 aliphatic carbocycles. The van der Waals surface area contributed by atoms with Gasteiger partial charge in [-0.25, -0.2) is 0 Å². The molecular weight excluding hydrogens is 284 g/mol. The maximum Gasteiger partial charge on any atom is 0.239 e. The Balaban J connectivity index is 2.36. The van der Waals surface area contributed by atoms with Gasteiger partial charge in [0.25, 0.3) is 0 Å². The van der Waals surface area contributed by atoms with Gasteiger partial charge in [-0.3, -0.25) is 4.98 Å². The van der Waals surface area contributed by atoms with Crippen LogP contribution in [0.25, 0.3) is 0 Å². The van der Waals surface area contributed by atoms with Gasteiger partial charge in [-0.1, -0.05) is 34.8 Å². The van der Waals surface area contributed by atoms with Crippen molar-refractivity contribution < 1.29 is 4.74 Å². The molecule has 2 rings (SSSR count). The third kappa shape index (κ3) is 2.91. The van der Waals surface area contributed by atoms with Gasteiger partial charge < -0.3 is 10.5 Å². The number of benzene rings is 1. The Morgan fingerprint density at radius 3 is 2.29 bits per heavy atom. The molecule has 1 heterocycles. The Morgan fingerprint density at radius 1 is 1.06 bits per heavy atom. The Morgan fingerprint density at radius 2 is 1.71 bits per heavy atom. The number of aromatic nitrogens is 2. The Labute approximate surface area is 112 Å². The first-order chi connectivity index (χ1) is 8.06. The number of ether oxygens (including phenoxy) is 1. The van der Waals surface area contributed by atoms with E-state index in [1.807, 2.05) is 0 Å². The van der Waals surface area contributed by atoms with Crippen LogP contribution in [0.4, 0.5) is 5.82 Å². The van der Waals surface area contributed by atoms with E-state index in [4.69, 9.17) is 45.3 Å². The van der Waals surface area contributed by atoms with Crippen molar-refractivity contribution in [1.29, 1.82) is 0 Å². The first-order valence-electron chi connectivity index (χ1n) is 4.46. The monoisotopic (exact) mass is 289 g/mol. The summed E-state index contributed by atoms with van der Waals surface area (Å²) in [6, 6.07) is 3.04. The Bertz CT molecular complexity index is 539. The van der Waals surface area contributed by atoms with Crippen LogP contribution in [0.15, 0.2) is 24.5 Å². The van der Waals surface area contributed by atoms with Gasteiger partial charge in [0.15, 0.2) is 5.75 Å². The van der Waals surface area contributed by atoms with Crippen molar-refractivity contribution in [3.8, 4) is 11.6 Å². The quantitative estimate of drug-likeness (QED) is 0.913. The average molecular weight is 291 g/mol. The van der Waals surface area contributed by atoms with Crippen molar-refractivity contribution in [1.82, 2.24) is 9.97 Å². The van der Waals surface area contributed by atoms with E-state index < -0.39 is 0 Å². The number of hydrogen-bond donors (Lipinski definition) is 1. The molecule has 0 saturated heterocycles. The van der Waals surface area contributed by atoms with E-state index in [1.165, 1.54) is 24.5 Å². The summed E-state index contributed by atoms with van der Waals surface area (Å²) in [7, 11) is 0. The predicted molar refractivity (Wildman–Crippen MR) is 68.0 cm³/mol. The van der Waals surface area contributed by atoms with Gasteiger partial charge in [0.1, 0.15) is 5.82 Å². The Hall–Kier alpha value is -1.23. The van der Waals surface area contributed by atoms with Gasteiger partial charge in [0.05, 0.1) is 22.4 Å². The van der Waals surface area contributed by atoms with Crippen molar-refractivity contribution in [3.05, 3.63) is 39.6 Å². The summed E-state index contributed by atoms with van der Waals surface area (Å²) in [5.41, 5.74) is 5.47. The molecule has 2 aromatic rings. The van der Waals surface area contributed by atoms with Gasteiger partial charge in [0, 0.05) is 5.02 Å². The molecule has 1 aromatic heterocycles. The van der Waals surface area contributed by atoms with Crippen LogP contribution >= 0.6 is 34.8 Å². The number of halogens is 3. The molecule has 0 bridgehead atoms. The highest BCUT2D eigenvalue weighted by Crippen LogP contribution is 2.38. The summed E-state index contributed by atoms with van der Waals surface area (Å²) in [5.74, 6) is 0.706. The minimum atomic E-state index is 0.205. The van der Waals surface area contributed by atoms with Gasteiger partial charge in [-0.05, 0) is 12.1 Å². The number of nitrogens with two attached hydrogens (primary N) is 1. The van der Waals surface area contributed by atoms with Crippen LogP contribution in [0.2, 0.25) is 15.1 Å². The summed E-state index contributed by atoms with van der Waals surface area (Å²) < 4.78 is 5.40. The van der Waals surface area contributed by atoms with E-state index in [1.54, 1.807) is 0 Å². The van der Waals surface area contributed by atoms with Crippen LogP contribution < -0.4 is 10.5 Å². The normalized spacial score (nSPS) is 10.3. The third-order valence-electron chi connectivity index (χ3n) is 1.80. The molecule has 4 nitrogen and oxygen atoms in total. The van der Waals surface area contributed by atoms with Crippen LogP contribution in [0.3, 0.4) is 0 Å². The molecule has 0 radical (unpaired) electrons. The molecule has 2 N–H and O–H groups in total. The van der Waals surface area contributed by atoms with Gasteiger partial charge in [0.2, 0.25) is 5.88 Å². The maximum atomic E-state index is 5.95. The van der Waals surface area contributed by atoms with Crippen molar-refractivity contribution in [3.63, 3.8) is 0 Å². The lowest BCUT2D eigenvalue weighted by molar-refractivity contribution is 0.461. The Kier molecular flexibility index (Phi) is 3.57. The van der Waals surface area contributed by atoms with E-state index in [0.717, 1.165) is 0 Å². The van der Waals surface area contributed by atoms with E-state index in [-0.39, 0.29) is 27.5 Å². The van der Waals surface area contributed by atoms with E-state index in [2.05, 4.69) is 9.97 Å². The molecule has 0 amide bonds. The standard InChI is InChI=1S/C10H6Cl3N3O/c11-5-1-6(12)10(7(13)2-5)17-9-4-15-3-8(14)16-9/h1-4H,(H2,14,16). The fraction of sp³-hybridized carbons (Fsp3) is 0. The minimum Gasteiger partial charge on any atom is -0.434 e. The van der Waals surface area contributed by atoms with Gasteiger partial charge in [-0.2, -0.15) is 4.98 Å². The highest BCUT2D eigenvalue weighted by Gasteiger charge is 2.11. The van der Waals surface area contributed by atoms with Gasteiger partial charge in [-0.15, -0.1) is 0 Å².